The van der Waals surface area contributed by atoms with Crippen LogP contribution in [0.3, 0.4) is 0 Å². The lowest BCUT2D eigenvalue weighted by atomic mass is 10.1. The molecule has 0 atom stereocenters. The molecule has 0 aliphatic carbocycles. The van der Waals surface area contributed by atoms with E-state index < -0.39 is 8.80 Å². The summed E-state index contributed by atoms with van der Waals surface area (Å²) < 4.78 is 21.8. The van der Waals surface area contributed by atoms with Gasteiger partial charge in [-0.2, -0.15) is 0 Å². The van der Waals surface area contributed by atoms with Crippen molar-refractivity contribution in [3.8, 4) is 5.75 Å². The van der Waals surface area contributed by atoms with Gasteiger partial charge < -0.3 is 18.0 Å². The molecule has 0 aromatic heterocycles. The van der Waals surface area contributed by atoms with E-state index in [1.54, 1.807) is 28.4 Å². The minimum Gasteiger partial charge on any atom is -0.496 e. The van der Waals surface area contributed by atoms with Crippen LogP contribution in [0.25, 0.3) is 0 Å². The van der Waals surface area contributed by atoms with Gasteiger partial charge in [0, 0.05) is 26.5 Å². The highest BCUT2D eigenvalue weighted by molar-refractivity contribution is 6.75. The Morgan fingerprint density at radius 2 is 1.41 bits per heavy atom. The van der Waals surface area contributed by atoms with E-state index in [1.165, 1.54) is 0 Å². The van der Waals surface area contributed by atoms with Gasteiger partial charge in [-0.15, -0.1) is 0 Å². The summed E-state index contributed by atoms with van der Waals surface area (Å²) >= 11 is 0. The fourth-order valence-electron chi connectivity index (χ4n) is 1.94. The van der Waals surface area contributed by atoms with Crippen molar-refractivity contribution in [3.05, 3.63) is 23.3 Å². The number of rotatable bonds is 5. The summed E-state index contributed by atoms with van der Waals surface area (Å²) in [6.45, 7) is 3.98. The molecule has 0 saturated heterocycles. The van der Waals surface area contributed by atoms with Gasteiger partial charge >= 0.3 is 8.80 Å². The van der Waals surface area contributed by atoms with Gasteiger partial charge in [0.25, 0.3) is 0 Å². The molecule has 0 heterocycles. The fraction of sp³-hybridized carbons (Fsp3) is 0.500. The Labute approximate surface area is 104 Å². The second-order valence-corrected chi connectivity index (χ2v) is 6.68. The van der Waals surface area contributed by atoms with Crippen LogP contribution in [0.4, 0.5) is 0 Å². The summed E-state index contributed by atoms with van der Waals surface area (Å²) in [5, 5.41) is 0.946. The van der Waals surface area contributed by atoms with Crippen molar-refractivity contribution in [2.45, 2.75) is 13.8 Å². The van der Waals surface area contributed by atoms with E-state index in [4.69, 9.17) is 18.0 Å². The molecule has 0 spiro atoms. The molecule has 0 saturated carbocycles. The van der Waals surface area contributed by atoms with Crippen LogP contribution in [0.2, 0.25) is 0 Å². The van der Waals surface area contributed by atoms with Gasteiger partial charge in [0.15, 0.2) is 0 Å². The third-order valence-corrected chi connectivity index (χ3v) is 5.65. The lowest BCUT2D eigenvalue weighted by Gasteiger charge is -2.27. The van der Waals surface area contributed by atoms with E-state index in [0.717, 1.165) is 22.1 Å². The molecule has 1 rings (SSSR count). The van der Waals surface area contributed by atoms with Gasteiger partial charge in [0.1, 0.15) is 5.75 Å². The van der Waals surface area contributed by atoms with Crippen molar-refractivity contribution < 1.29 is 18.0 Å². The highest BCUT2D eigenvalue weighted by Gasteiger charge is 2.42. The van der Waals surface area contributed by atoms with Crippen LogP contribution in [-0.2, 0) is 13.3 Å². The maximum atomic E-state index is 5.50. The minimum absolute atomic E-state index is 0.822. The zero-order chi connectivity index (χ0) is 13.1. The highest BCUT2D eigenvalue weighted by atomic mass is 28.4. The van der Waals surface area contributed by atoms with Gasteiger partial charge in [-0.1, -0.05) is 6.07 Å². The topological polar surface area (TPSA) is 36.9 Å². The van der Waals surface area contributed by atoms with Crippen LogP contribution in [0, 0.1) is 13.8 Å². The predicted molar refractivity (Wildman–Crippen MR) is 68.9 cm³/mol. The molecule has 0 bridgehead atoms. The van der Waals surface area contributed by atoms with Crippen molar-refractivity contribution >= 4 is 14.0 Å². The largest absolute Gasteiger partial charge is 0.536 e. The van der Waals surface area contributed by atoms with E-state index in [0.29, 0.717) is 0 Å². The second kappa shape index (κ2) is 5.64. The predicted octanol–water partition coefficient (Wildman–Crippen LogP) is 1.40. The molecule has 0 aliphatic heterocycles. The van der Waals surface area contributed by atoms with Gasteiger partial charge in [0.05, 0.1) is 7.11 Å². The van der Waals surface area contributed by atoms with Crippen LogP contribution >= 0.6 is 0 Å². The number of aryl methyl sites for hydroxylation is 1. The molecule has 0 N–H and O–H groups in total. The summed E-state index contributed by atoms with van der Waals surface area (Å²) in [7, 11) is 3.67. The Morgan fingerprint density at radius 1 is 0.882 bits per heavy atom. The fourth-order valence-corrected chi connectivity index (χ4v) is 4.08. The molecule has 0 fully saturated rings. The number of ether oxygens (including phenoxy) is 1. The zero-order valence-electron chi connectivity index (χ0n) is 11.3. The molecule has 17 heavy (non-hydrogen) atoms. The Bertz CT molecular complexity index is 380. The number of methoxy groups -OCH3 is 1. The van der Waals surface area contributed by atoms with Gasteiger partial charge in [0.2, 0.25) is 0 Å². The summed E-state index contributed by atoms with van der Waals surface area (Å²) in [6, 6.07) is 4.01. The van der Waals surface area contributed by atoms with Crippen LogP contribution in [0.15, 0.2) is 12.1 Å². The average molecular weight is 256 g/mol. The third-order valence-electron chi connectivity index (χ3n) is 2.86. The van der Waals surface area contributed by atoms with Crippen molar-refractivity contribution in [2.75, 3.05) is 28.4 Å². The second-order valence-electron chi connectivity index (χ2n) is 3.81. The maximum Gasteiger partial charge on any atom is 0.536 e. The van der Waals surface area contributed by atoms with Crippen molar-refractivity contribution in [2.24, 2.45) is 0 Å². The van der Waals surface area contributed by atoms with E-state index in [-0.39, 0.29) is 0 Å². The molecule has 0 radical (unpaired) electrons. The van der Waals surface area contributed by atoms with E-state index in [1.807, 2.05) is 26.0 Å². The average Bonchev–Trinajstić information content (AvgIpc) is 2.35. The molecule has 5 heteroatoms. The number of hydrogen-bond acceptors (Lipinski definition) is 4. The summed E-state index contributed by atoms with van der Waals surface area (Å²) in [5.74, 6) is 0.822. The van der Waals surface area contributed by atoms with Crippen LogP contribution in [0.1, 0.15) is 11.1 Å². The normalized spacial score (nSPS) is 11.6. The minimum atomic E-state index is -2.80. The first-order chi connectivity index (χ1) is 8.04. The molecule has 0 amide bonds. The zero-order valence-corrected chi connectivity index (χ0v) is 12.3. The lowest BCUT2D eigenvalue weighted by Crippen LogP contribution is -2.55. The van der Waals surface area contributed by atoms with Gasteiger partial charge in [-0.3, -0.25) is 0 Å². The smallest absolute Gasteiger partial charge is 0.496 e. The van der Waals surface area contributed by atoms with Crippen molar-refractivity contribution in [1.82, 2.24) is 0 Å². The first kappa shape index (κ1) is 14.2. The Morgan fingerprint density at radius 3 is 1.82 bits per heavy atom. The molecule has 0 aliphatic rings. The molecule has 0 unspecified atom stereocenters. The first-order valence-corrected chi connectivity index (χ1v) is 7.08. The maximum absolute atomic E-state index is 5.50. The standard InChI is InChI=1S/C12H20O4Si/c1-9-7-11(13-3)10(2)12(8-9)17(14-4,15-5)16-6/h7-8H,1-6H3. The molecular weight excluding hydrogens is 236 g/mol. The monoisotopic (exact) mass is 256 g/mol. The molecule has 96 valence electrons. The van der Waals surface area contributed by atoms with E-state index >= 15 is 0 Å². The Balaban J connectivity index is 3.42. The van der Waals surface area contributed by atoms with Crippen LogP contribution in [-0.4, -0.2) is 37.2 Å². The van der Waals surface area contributed by atoms with E-state index in [9.17, 15) is 0 Å². The number of benzene rings is 1. The quantitative estimate of drug-likeness (QED) is 0.746. The van der Waals surface area contributed by atoms with Crippen molar-refractivity contribution in [1.29, 1.82) is 0 Å². The van der Waals surface area contributed by atoms with Gasteiger partial charge in [-0.25, -0.2) is 0 Å². The van der Waals surface area contributed by atoms with E-state index in [2.05, 4.69) is 0 Å². The lowest BCUT2D eigenvalue weighted by molar-refractivity contribution is 0.140. The first-order valence-electron chi connectivity index (χ1n) is 5.35. The molecule has 1 aromatic rings. The number of hydrogen-bond donors (Lipinski definition) is 0. The summed E-state index contributed by atoms with van der Waals surface area (Å²) in [4.78, 5) is 0. The molecule has 4 nitrogen and oxygen atoms in total. The third kappa shape index (κ3) is 2.52. The molecular formula is C12H20O4Si. The Hall–Kier alpha value is -0.883. The highest BCUT2D eigenvalue weighted by Crippen LogP contribution is 2.21. The SMILES string of the molecule is COc1cc(C)cc([Si](OC)(OC)OC)c1C. The van der Waals surface area contributed by atoms with Crippen LogP contribution < -0.4 is 9.92 Å². The van der Waals surface area contributed by atoms with Gasteiger partial charge in [-0.05, 0) is 31.0 Å². The Kier molecular flexibility index (Phi) is 4.70. The van der Waals surface area contributed by atoms with Crippen LogP contribution in [0.5, 0.6) is 5.75 Å². The van der Waals surface area contributed by atoms with Crippen molar-refractivity contribution in [3.63, 3.8) is 0 Å². The summed E-state index contributed by atoms with van der Waals surface area (Å²) in [5.41, 5.74) is 2.08. The summed E-state index contributed by atoms with van der Waals surface area (Å²) in [6.07, 6.45) is 0. The molecule has 1 aromatic carbocycles.